The molecule has 1 aromatic heterocycles. The van der Waals surface area contributed by atoms with Gasteiger partial charge in [0.15, 0.2) is 16.4 Å². The summed E-state index contributed by atoms with van der Waals surface area (Å²) in [7, 11) is 1.62. The number of methoxy groups -OCH3 is 2. The fourth-order valence-electron chi connectivity index (χ4n) is 2.66. The molecule has 2 rings (SSSR count). The molecule has 0 amide bonds. The Bertz CT molecular complexity index is 1070. The fraction of sp³-hybridized carbons (Fsp3) is 0.412. The fourth-order valence-corrected chi connectivity index (χ4v) is 4.07. The molecule has 27 heavy (non-hydrogen) atoms. The molecule has 0 aliphatic carbocycles. The predicted molar refractivity (Wildman–Crippen MR) is 100 cm³/mol. The summed E-state index contributed by atoms with van der Waals surface area (Å²) in [5.74, 6) is 1.12. The second kappa shape index (κ2) is 7.97. The average Bonchev–Trinajstić information content (AvgIpc) is 2.64. The molecular weight excluding hydrogens is 374 g/mol. The Hall–Kier alpha value is -2.59. The van der Waals surface area contributed by atoms with Crippen molar-refractivity contribution in [2.45, 2.75) is 18.2 Å². The first-order valence-electron chi connectivity index (χ1n) is 8.11. The van der Waals surface area contributed by atoms with Crippen LogP contribution in [0.3, 0.4) is 0 Å². The van der Waals surface area contributed by atoms with E-state index in [1.54, 1.807) is 18.2 Å². The van der Waals surface area contributed by atoms with Gasteiger partial charge in [-0.2, -0.15) is 0 Å². The Kier molecular flexibility index (Phi) is 6.11. The maximum absolute atomic E-state index is 12.6. The van der Waals surface area contributed by atoms with Crippen molar-refractivity contribution in [1.82, 2.24) is 13.9 Å². The lowest BCUT2D eigenvalue weighted by Crippen LogP contribution is -2.43. The van der Waals surface area contributed by atoms with Crippen molar-refractivity contribution in [3.8, 4) is 11.5 Å². The van der Waals surface area contributed by atoms with E-state index in [9.17, 15) is 18.0 Å². The van der Waals surface area contributed by atoms with E-state index in [2.05, 4.69) is 4.72 Å². The topological polar surface area (TPSA) is 109 Å². The summed E-state index contributed by atoms with van der Waals surface area (Å²) in [4.78, 5) is 23.8. The average molecular weight is 397 g/mol. The minimum Gasteiger partial charge on any atom is -0.493 e. The van der Waals surface area contributed by atoms with Crippen LogP contribution >= 0.6 is 0 Å². The summed E-state index contributed by atoms with van der Waals surface area (Å²) >= 11 is 0. The number of aromatic nitrogens is 2. The molecule has 0 atom stereocenters. The number of rotatable bonds is 7. The van der Waals surface area contributed by atoms with E-state index >= 15 is 0 Å². The third-order valence-electron chi connectivity index (χ3n) is 4.33. The summed E-state index contributed by atoms with van der Waals surface area (Å²) < 4.78 is 39.9. The molecule has 1 N–H and O–H groups in total. The molecule has 1 heterocycles. The number of hydrogen-bond donors (Lipinski definition) is 1. The van der Waals surface area contributed by atoms with Crippen LogP contribution in [0.4, 0.5) is 0 Å². The van der Waals surface area contributed by atoms with Gasteiger partial charge in [0.1, 0.15) is 0 Å². The number of hydrogen-bond acceptors (Lipinski definition) is 6. The van der Waals surface area contributed by atoms with E-state index in [4.69, 9.17) is 9.47 Å². The van der Waals surface area contributed by atoms with Crippen LogP contribution in [0.5, 0.6) is 11.5 Å². The summed E-state index contributed by atoms with van der Waals surface area (Å²) in [6, 6.07) is 5.28. The van der Waals surface area contributed by atoms with Crippen molar-refractivity contribution < 1.29 is 17.9 Å². The van der Waals surface area contributed by atoms with E-state index in [0.29, 0.717) is 17.9 Å². The summed E-state index contributed by atoms with van der Waals surface area (Å²) in [5, 5.41) is 0. The van der Waals surface area contributed by atoms with Crippen molar-refractivity contribution in [2.24, 2.45) is 14.1 Å². The highest BCUT2D eigenvalue weighted by atomic mass is 32.2. The summed E-state index contributed by atoms with van der Waals surface area (Å²) in [5.41, 5.74) is -0.516. The Balaban J connectivity index is 2.24. The zero-order chi connectivity index (χ0) is 20.4. The minimum absolute atomic E-state index is 0.0727. The van der Waals surface area contributed by atoms with Gasteiger partial charge in [-0.25, -0.2) is 17.9 Å². The molecule has 0 aliphatic heterocycles. The molecule has 0 saturated carbocycles. The third-order valence-corrected chi connectivity index (χ3v) is 5.92. The minimum atomic E-state index is -4.08. The maximum atomic E-state index is 12.6. The van der Waals surface area contributed by atoms with E-state index < -0.39 is 26.2 Å². The van der Waals surface area contributed by atoms with E-state index in [1.165, 1.54) is 35.2 Å². The van der Waals surface area contributed by atoms with Gasteiger partial charge in [0.05, 0.1) is 14.2 Å². The number of nitrogens with one attached hydrogen (secondary N) is 1. The van der Waals surface area contributed by atoms with Crippen molar-refractivity contribution >= 4 is 10.0 Å². The van der Waals surface area contributed by atoms with Crippen molar-refractivity contribution in [1.29, 1.82) is 0 Å². The molecule has 0 bridgehead atoms. The van der Waals surface area contributed by atoms with Gasteiger partial charge >= 0.3 is 5.69 Å². The monoisotopic (exact) mass is 397 g/mol. The standard InChI is InChI=1S/C17H23N3O6S/c1-11-15(16(21)20(3)17(22)19(11)2)27(23,24)18-9-8-12-6-7-13(25-4)14(10-12)26-5/h6-7,10,18H,8-9H2,1-5H3. The molecule has 0 radical (unpaired) electrons. The second-order valence-corrected chi connectivity index (χ2v) is 7.66. The van der Waals surface area contributed by atoms with Crippen molar-refractivity contribution in [3.05, 3.63) is 50.3 Å². The molecule has 0 aliphatic rings. The SMILES string of the molecule is COc1ccc(CCNS(=O)(=O)c2c(C)n(C)c(=O)n(C)c2=O)cc1OC. The highest BCUT2D eigenvalue weighted by Crippen LogP contribution is 2.27. The first-order chi connectivity index (χ1) is 12.6. The Labute approximate surface area is 157 Å². The van der Waals surface area contributed by atoms with Crippen LogP contribution in [0.25, 0.3) is 0 Å². The zero-order valence-electron chi connectivity index (χ0n) is 15.9. The van der Waals surface area contributed by atoms with Gasteiger partial charge in [0.2, 0.25) is 10.0 Å². The summed E-state index contributed by atoms with van der Waals surface area (Å²) in [6.45, 7) is 1.49. The Morgan fingerprint density at radius 3 is 2.26 bits per heavy atom. The number of nitrogens with zero attached hydrogens (tertiary/aromatic N) is 2. The third kappa shape index (κ3) is 4.06. The quantitative estimate of drug-likeness (QED) is 0.701. The molecule has 148 valence electrons. The van der Waals surface area contributed by atoms with Crippen LogP contribution in [0, 0.1) is 6.92 Å². The largest absolute Gasteiger partial charge is 0.493 e. The highest BCUT2D eigenvalue weighted by Gasteiger charge is 2.24. The molecule has 2 aromatic rings. The van der Waals surface area contributed by atoms with Crippen LogP contribution in [0.1, 0.15) is 11.3 Å². The normalized spacial score (nSPS) is 11.4. The van der Waals surface area contributed by atoms with Gasteiger partial charge in [-0.3, -0.25) is 13.9 Å². The lowest BCUT2D eigenvalue weighted by molar-refractivity contribution is 0.354. The van der Waals surface area contributed by atoms with Gasteiger partial charge in [-0.15, -0.1) is 0 Å². The van der Waals surface area contributed by atoms with Crippen LogP contribution in [0.15, 0.2) is 32.7 Å². The van der Waals surface area contributed by atoms with E-state index in [-0.39, 0.29) is 12.2 Å². The summed E-state index contributed by atoms with van der Waals surface area (Å²) in [6.07, 6.45) is 0.380. The zero-order valence-corrected chi connectivity index (χ0v) is 16.7. The van der Waals surface area contributed by atoms with Gasteiger partial charge in [0.25, 0.3) is 5.56 Å². The smallest absolute Gasteiger partial charge is 0.330 e. The first-order valence-corrected chi connectivity index (χ1v) is 9.59. The Morgan fingerprint density at radius 2 is 1.67 bits per heavy atom. The molecule has 1 aromatic carbocycles. The Morgan fingerprint density at radius 1 is 1.04 bits per heavy atom. The molecule has 10 heteroatoms. The van der Waals surface area contributed by atoms with Gasteiger partial charge in [-0.05, 0) is 31.0 Å². The number of sulfonamides is 1. The maximum Gasteiger partial charge on any atom is 0.330 e. The first kappa shape index (κ1) is 20.7. The van der Waals surface area contributed by atoms with Crippen LogP contribution in [-0.2, 0) is 30.5 Å². The van der Waals surface area contributed by atoms with Crippen molar-refractivity contribution in [3.63, 3.8) is 0 Å². The molecule has 0 saturated heterocycles. The second-order valence-electron chi connectivity index (χ2n) is 5.96. The lowest BCUT2D eigenvalue weighted by atomic mass is 10.1. The molecule has 0 spiro atoms. The van der Waals surface area contributed by atoms with Gasteiger partial charge in [0, 0.05) is 26.3 Å². The van der Waals surface area contributed by atoms with E-state index in [1.807, 2.05) is 0 Å². The predicted octanol–water partition coefficient (Wildman–Crippen LogP) is -0.0694. The molecular formula is C17H23N3O6S. The van der Waals surface area contributed by atoms with Gasteiger partial charge in [-0.1, -0.05) is 6.07 Å². The number of ether oxygens (including phenoxy) is 2. The van der Waals surface area contributed by atoms with Crippen molar-refractivity contribution in [2.75, 3.05) is 20.8 Å². The molecule has 0 fully saturated rings. The number of benzene rings is 1. The lowest BCUT2D eigenvalue weighted by Gasteiger charge is -2.13. The van der Waals surface area contributed by atoms with Gasteiger partial charge < -0.3 is 9.47 Å². The highest BCUT2D eigenvalue weighted by molar-refractivity contribution is 7.89. The molecule has 0 unspecified atom stereocenters. The van der Waals surface area contributed by atoms with Crippen LogP contribution < -0.4 is 25.4 Å². The van der Waals surface area contributed by atoms with Crippen LogP contribution in [0.2, 0.25) is 0 Å². The van der Waals surface area contributed by atoms with E-state index in [0.717, 1.165) is 14.7 Å². The molecule has 9 nitrogen and oxygen atoms in total. The van der Waals surface area contributed by atoms with Crippen LogP contribution in [-0.4, -0.2) is 38.3 Å².